The molecule has 1 aromatic carbocycles. The van der Waals surface area contributed by atoms with Crippen LogP contribution in [0.1, 0.15) is 29.6 Å². The summed E-state index contributed by atoms with van der Waals surface area (Å²) in [7, 11) is -3.49. The number of carbonyl (C=O) groups excluding carboxylic acids is 1. The number of anilines is 1. The SMILES string of the molecule is O=C(Nc1nn[nH]n1)c1ccc(S(=O)(=O)N2CCCCC2)cc1. The third kappa shape index (κ3) is 3.37. The first-order valence-corrected chi connectivity index (χ1v) is 8.66. The molecule has 1 saturated heterocycles. The Hall–Kier alpha value is -2.33. The van der Waals surface area contributed by atoms with Gasteiger partial charge >= 0.3 is 0 Å². The number of aromatic amines is 1. The molecule has 2 aromatic rings. The summed E-state index contributed by atoms with van der Waals surface area (Å²) in [6.07, 6.45) is 2.82. The molecule has 1 fully saturated rings. The van der Waals surface area contributed by atoms with E-state index >= 15 is 0 Å². The van der Waals surface area contributed by atoms with E-state index in [1.807, 2.05) is 0 Å². The fourth-order valence-electron chi connectivity index (χ4n) is 2.42. The van der Waals surface area contributed by atoms with Gasteiger partial charge < -0.3 is 0 Å². The normalized spacial score (nSPS) is 16.2. The molecule has 0 atom stereocenters. The monoisotopic (exact) mass is 336 g/mol. The highest BCUT2D eigenvalue weighted by Crippen LogP contribution is 2.21. The molecule has 0 spiro atoms. The Morgan fingerprint density at radius 1 is 1.13 bits per heavy atom. The second kappa shape index (κ2) is 6.42. The molecule has 10 heteroatoms. The van der Waals surface area contributed by atoms with Crippen molar-refractivity contribution in [1.82, 2.24) is 24.9 Å². The van der Waals surface area contributed by atoms with E-state index in [0.29, 0.717) is 18.7 Å². The van der Waals surface area contributed by atoms with E-state index in [2.05, 4.69) is 25.9 Å². The first kappa shape index (κ1) is 15.6. The van der Waals surface area contributed by atoms with Gasteiger partial charge in [-0.05, 0) is 42.3 Å². The maximum absolute atomic E-state index is 12.5. The highest BCUT2D eigenvalue weighted by atomic mass is 32.2. The number of benzene rings is 1. The smallest absolute Gasteiger partial charge is 0.270 e. The van der Waals surface area contributed by atoms with E-state index in [0.717, 1.165) is 19.3 Å². The minimum atomic E-state index is -3.49. The molecule has 2 N–H and O–H groups in total. The number of tetrazole rings is 1. The largest absolute Gasteiger partial charge is 0.288 e. The number of sulfonamides is 1. The maximum atomic E-state index is 12.5. The van der Waals surface area contributed by atoms with Gasteiger partial charge in [0.05, 0.1) is 4.90 Å². The molecule has 0 bridgehead atoms. The Morgan fingerprint density at radius 3 is 2.43 bits per heavy atom. The van der Waals surface area contributed by atoms with Gasteiger partial charge in [-0.2, -0.15) is 9.52 Å². The van der Waals surface area contributed by atoms with Gasteiger partial charge in [0.2, 0.25) is 10.0 Å². The molecule has 0 unspecified atom stereocenters. The highest BCUT2D eigenvalue weighted by Gasteiger charge is 2.25. The van der Waals surface area contributed by atoms with Gasteiger partial charge in [0, 0.05) is 18.7 Å². The number of amides is 1. The van der Waals surface area contributed by atoms with Crippen molar-refractivity contribution in [1.29, 1.82) is 0 Å². The Labute approximate surface area is 133 Å². The van der Waals surface area contributed by atoms with Gasteiger partial charge in [0.1, 0.15) is 0 Å². The summed E-state index contributed by atoms with van der Waals surface area (Å²) >= 11 is 0. The predicted octanol–water partition coefficient (Wildman–Crippen LogP) is 0.627. The number of piperidine rings is 1. The third-order valence-corrected chi connectivity index (χ3v) is 5.55. The average molecular weight is 336 g/mol. The zero-order chi connectivity index (χ0) is 16.3. The molecule has 1 aromatic heterocycles. The van der Waals surface area contributed by atoms with E-state index in [1.54, 1.807) is 0 Å². The summed E-state index contributed by atoms with van der Waals surface area (Å²) in [5, 5.41) is 15.2. The molecule has 0 radical (unpaired) electrons. The molecule has 1 aliphatic heterocycles. The molecule has 0 saturated carbocycles. The van der Waals surface area contributed by atoms with E-state index in [9.17, 15) is 13.2 Å². The summed E-state index contributed by atoms with van der Waals surface area (Å²) < 4.78 is 26.5. The molecule has 0 aliphatic carbocycles. The van der Waals surface area contributed by atoms with Crippen molar-refractivity contribution >= 4 is 21.9 Å². The number of H-pyrrole nitrogens is 1. The van der Waals surface area contributed by atoms with Crippen LogP contribution in [0.25, 0.3) is 0 Å². The number of aromatic nitrogens is 4. The number of nitrogens with one attached hydrogen (secondary N) is 2. The van der Waals surface area contributed by atoms with Gasteiger partial charge in [0.15, 0.2) is 0 Å². The van der Waals surface area contributed by atoms with Crippen LogP contribution in [0.5, 0.6) is 0 Å². The van der Waals surface area contributed by atoms with Crippen LogP contribution < -0.4 is 5.32 Å². The molecule has 3 rings (SSSR count). The zero-order valence-corrected chi connectivity index (χ0v) is 13.1. The summed E-state index contributed by atoms with van der Waals surface area (Å²) in [5.74, 6) is -0.381. The number of hydrogen-bond donors (Lipinski definition) is 2. The van der Waals surface area contributed by atoms with E-state index < -0.39 is 15.9 Å². The average Bonchev–Trinajstić information content (AvgIpc) is 3.09. The Kier molecular flexibility index (Phi) is 4.35. The summed E-state index contributed by atoms with van der Waals surface area (Å²) in [6, 6.07) is 5.81. The van der Waals surface area contributed by atoms with Crippen LogP contribution in [0.15, 0.2) is 29.2 Å². The van der Waals surface area contributed by atoms with Gasteiger partial charge in [-0.1, -0.05) is 11.5 Å². The molecular weight excluding hydrogens is 320 g/mol. The molecule has 2 heterocycles. The lowest BCUT2D eigenvalue weighted by molar-refractivity contribution is 0.102. The second-order valence-electron chi connectivity index (χ2n) is 5.18. The van der Waals surface area contributed by atoms with Gasteiger partial charge in [0.25, 0.3) is 11.9 Å². The minimum Gasteiger partial charge on any atom is -0.288 e. The van der Waals surface area contributed by atoms with Crippen LogP contribution in [-0.4, -0.2) is 52.3 Å². The van der Waals surface area contributed by atoms with Crippen LogP contribution in [0.2, 0.25) is 0 Å². The van der Waals surface area contributed by atoms with Crippen molar-refractivity contribution in [2.75, 3.05) is 18.4 Å². The second-order valence-corrected chi connectivity index (χ2v) is 7.12. The van der Waals surface area contributed by atoms with E-state index in [4.69, 9.17) is 0 Å². The zero-order valence-electron chi connectivity index (χ0n) is 12.3. The summed E-state index contributed by atoms with van der Waals surface area (Å²) in [4.78, 5) is 12.2. The minimum absolute atomic E-state index is 0.0556. The quantitative estimate of drug-likeness (QED) is 0.844. The Bertz CT molecular complexity index is 767. The van der Waals surface area contributed by atoms with Crippen molar-refractivity contribution in [2.24, 2.45) is 0 Å². The molecule has 1 amide bonds. The van der Waals surface area contributed by atoms with Crippen molar-refractivity contribution < 1.29 is 13.2 Å². The maximum Gasteiger partial charge on any atom is 0.270 e. The van der Waals surface area contributed by atoms with Crippen molar-refractivity contribution in [3.05, 3.63) is 29.8 Å². The number of rotatable bonds is 4. The number of hydrogen-bond acceptors (Lipinski definition) is 6. The number of carbonyl (C=O) groups is 1. The van der Waals surface area contributed by atoms with Crippen LogP contribution in [-0.2, 0) is 10.0 Å². The van der Waals surface area contributed by atoms with Crippen LogP contribution >= 0.6 is 0 Å². The lowest BCUT2D eigenvalue weighted by Gasteiger charge is -2.25. The standard InChI is InChI=1S/C13H16N6O3S/c20-12(14-13-15-17-18-16-13)10-4-6-11(7-5-10)23(21,22)19-8-2-1-3-9-19/h4-7H,1-3,8-9H2,(H2,14,15,16,17,18,20). The highest BCUT2D eigenvalue weighted by molar-refractivity contribution is 7.89. The van der Waals surface area contributed by atoms with Crippen LogP contribution in [0, 0.1) is 0 Å². The Morgan fingerprint density at radius 2 is 1.83 bits per heavy atom. The first-order valence-electron chi connectivity index (χ1n) is 7.22. The third-order valence-electron chi connectivity index (χ3n) is 3.64. The lowest BCUT2D eigenvalue weighted by atomic mass is 10.2. The van der Waals surface area contributed by atoms with Crippen LogP contribution in [0.4, 0.5) is 5.95 Å². The van der Waals surface area contributed by atoms with Crippen molar-refractivity contribution in [3.8, 4) is 0 Å². The van der Waals surface area contributed by atoms with Gasteiger partial charge in [-0.3, -0.25) is 10.1 Å². The van der Waals surface area contributed by atoms with Gasteiger partial charge in [-0.15, -0.1) is 5.10 Å². The summed E-state index contributed by atoms with van der Waals surface area (Å²) in [5.41, 5.74) is 0.312. The fraction of sp³-hybridized carbons (Fsp3) is 0.385. The van der Waals surface area contributed by atoms with Crippen molar-refractivity contribution in [3.63, 3.8) is 0 Å². The summed E-state index contributed by atoms with van der Waals surface area (Å²) in [6.45, 7) is 1.09. The molecule has 9 nitrogen and oxygen atoms in total. The molecule has 1 aliphatic rings. The van der Waals surface area contributed by atoms with E-state index in [1.165, 1.54) is 28.6 Å². The molecular formula is C13H16N6O3S. The predicted molar refractivity (Wildman–Crippen MR) is 81.2 cm³/mol. The molecule has 23 heavy (non-hydrogen) atoms. The number of nitrogens with zero attached hydrogens (tertiary/aromatic N) is 4. The van der Waals surface area contributed by atoms with Crippen LogP contribution in [0.3, 0.4) is 0 Å². The van der Waals surface area contributed by atoms with Crippen molar-refractivity contribution in [2.45, 2.75) is 24.2 Å². The molecule has 122 valence electrons. The first-order chi connectivity index (χ1) is 11.1. The topological polar surface area (TPSA) is 121 Å². The van der Waals surface area contributed by atoms with E-state index in [-0.39, 0.29) is 10.8 Å². The lowest BCUT2D eigenvalue weighted by Crippen LogP contribution is -2.35. The Balaban J connectivity index is 1.74. The van der Waals surface area contributed by atoms with Gasteiger partial charge in [-0.25, -0.2) is 8.42 Å². The fourth-order valence-corrected chi connectivity index (χ4v) is 3.94.